The predicted molar refractivity (Wildman–Crippen MR) is 87.1 cm³/mol. The highest BCUT2D eigenvalue weighted by Crippen LogP contribution is 2.38. The van der Waals surface area contributed by atoms with Gasteiger partial charge in [0.2, 0.25) is 0 Å². The summed E-state index contributed by atoms with van der Waals surface area (Å²) < 4.78 is 6.13. The molecule has 0 unspecified atom stereocenters. The van der Waals surface area contributed by atoms with Crippen LogP contribution in [0.2, 0.25) is 0 Å². The summed E-state index contributed by atoms with van der Waals surface area (Å²) in [5, 5.41) is 11.7. The third-order valence-corrected chi connectivity index (χ3v) is 4.17. The zero-order valence-electron chi connectivity index (χ0n) is 12.5. The van der Waals surface area contributed by atoms with E-state index in [9.17, 15) is 9.59 Å². The summed E-state index contributed by atoms with van der Waals surface area (Å²) in [5.74, 6) is 0.0703. The SMILES string of the molecule is Cl.O=C(/C=C/c1ccc2c(c1)C(=O)CC1(CCNCC1)O2)NO. The Labute approximate surface area is 140 Å². The minimum Gasteiger partial charge on any atom is -0.486 e. The Morgan fingerprint density at radius 2 is 2.09 bits per heavy atom. The van der Waals surface area contributed by atoms with Crippen molar-refractivity contribution in [1.82, 2.24) is 10.8 Å². The molecule has 0 aliphatic carbocycles. The topological polar surface area (TPSA) is 87.7 Å². The molecule has 1 aromatic rings. The van der Waals surface area contributed by atoms with Gasteiger partial charge in [0.15, 0.2) is 5.78 Å². The molecule has 0 radical (unpaired) electrons. The van der Waals surface area contributed by atoms with Crippen molar-refractivity contribution in [3.63, 3.8) is 0 Å². The van der Waals surface area contributed by atoms with Crippen LogP contribution in [0.1, 0.15) is 35.2 Å². The molecule has 1 fully saturated rings. The van der Waals surface area contributed by atoms with Crippen LogP contribution in [0.3, 0.4) is 0 Å². The smallest absolute Gasteiger partial charge is 0.267 e. The van der Waals surface area contributed by atoms with Gasteiger partial charge in [0.05, 0.1) is 12.0 Å². The average molecular weight is 339 g/mol. The molecule has 2 aliphatic heterocycles. The summed E-state index contributed by atoms with van der Waals surface area (Å²) in [6, 6.07) is 5.27. The first-order valence-corrected chi connectivity index (χ1v) is 7.31. The van der Waals surface area contributed by atoms with Gasteiger partial charge in [0.1, 0.15) is 11.4 Å². The maximum atomic E-state index is 12.5. The van der Waals surface area contributed by atoms with Gasteiger partial charge in [-0.3, -0.25) is 14.8 Å². The van der Waals surface area contributed by atoms with Crippen LogP contribution in [-0.4, -0.2) is 35.6 Å². The molecule has 3 N–H and O–H groups in total. The van der Waals surface area contributed by atoms with E-state index in [0.29, 0.717) is 23.3 Å². The van der Waals surface area contributed by atoms with Gasteiger partial charge in [-0.2, -0.15) is 0 Å². The highest BCUT2D eigenvalue weighted by atomic mass is 35.5. The molecule has 0 bridgehead atoms. The summed E-state index contributed by atoms with van der Waals surface area (Å²) in [4.78, 5) is 23.5. The first-order valence-electron chi connectivity index (χ1n) is 7.31. The van der Waals surface area contributed by atoms with Crippen LogP contribution in [0.25, 0.3) is 6.08 Å². The van der Waals surface area contributed by atoms with Gasteiger partial charge in [0.25, 0.3) is 5.91 Å². The van der Waals surface area contributed by atoms with Gasteiger partial charge in [0, 0.05) is 18.9 Å². The number of carbonyl (C=O) groups excluding carboxylic acids is 2. The number of fused-ring (bicyclic) bond motifs is 1. The molecule has 1 aromatic carbocycles. The molecule has 1 saturated heterocycles. The second kappa shape index (κ2) is 7.12. The second-order valence-corrected chi connectivity index (χ2v) is 5.70. The van der Waals surface area contributed by atoms with E-state index in [1.165, 1.54) is 17.6 Å². The van der Waals surface area contributed by atoms with Crippen LogP contribution in [0.5, 0.6) is 5.75 Å². The maximum absolute atomic E-state index is 12.5. The lowest BCUT2D eigenvalue weighted by molar-refractivity contribution is -0.124. The number of halogens is 1. The van der Waals surface area contributed by atoms with E-state index < -0.39 is 5.91 Å². The third kappa shape index (κ3) is 3.72. The highest BCUT2D eigenvalue weighted by Gasteiger charge is 2.41. The van der Waals surface area contributed by atoms with Crippen LogP contribution in [0.15, 0.2) is 24.3 Å². The van der Waals surface area contributed by atoms with Crippen molar-refractivity contribution in [2.45, 2.75) is 24.9 Å². The molecule has 7 heteroatoms. The average Bonchev–Trinajstić information content (AvgIpc) is 2.53. The molecule has 23 heavy (non-hydrogen) atoms. The minimum atomic E-state index is -0.617. The van der Waals surface area contributed by atoms with Gasteiger partial charge < -0.3 is 10.1 Å². The Balaban J connectivity index is 0.00000192. The van der Waals surface area contributed by atoms with Crippen LogP contribution in [-0.2, 0) is 4.79 Å². The molecule has 6 nitrogen and oxygen atoms in total. The number of hydrogen-bond acceptors (Lipinski definition) is 5. The summed E-state index contributed by atoms with van der Waals surface area (Å²) in [5.41, 5.74) is 2.41. The largest absolute Gasteiger partial charge is 0.486 e. The molecule has 1 amide bonds. The predicted octanol–water partition coefficient (Wildman–Crippen LogP) is 1.71. The molecular formula is C16H19ClN2O4. The number of piperidine rings is 1. The number of rotatable bonds is 2. The van der Waals surface area contributed by atoms with E-state index in [-0.39, 0.29) is 23.8 Å². The fourth-order valence-electron chi connectivity index (χ4n) is 2.99. The molecule has 3 rings (SSSR count). The van der Waals surface area contributed by atoms with Crippen molar-refractivity contribution < 1.29 is 19.5 Å². The van der Waals surface area contributed by atoms with Crippen LogP contribution in [0, 0.1) is 0 Å². The minimum absolute atomic E-state index is 0. The van der Waals surface area contributed by atoms with Crippen molar-refractivity contribution in [1.29, 1.82) is 0 Å². The van der Waals surface area contributed by atoms with Gasteiger partial charge >= 0.3 is 0 Å². The lowest BCUT2D eigenvalue weighted by Gasteiger charge is -2.40. The molecule has 124 valence electrons. The quantitative estimate of drug-likeness (QED) is 0.434. The fourth-order valence-corrected chi connectivity index (χ4v) is 2.99. The molecule has 2 aliphatic rings. The monoisotopic (exact) mass is 338 g/mol. The van der Waals surface area contributed by atoms with Crippen molar-refractivity contribution in [3.05, 3.63) is 35.4 Å². The number of benzene rings is 1. The van der Waals surface area contributed by atoms with Crippen molar-refractivity contribution in [2.75, 3.05) is 13.1 Å². The van der Waals surface area contributed by atoms with Gasteiger partial charge in [-0.1, -0.05) is 6.07 Å². The zero-order valence-corrected chi connectivity index (χ0v) is 13.3. The van der Waals surface area contributed by atoms with E-state index in [4.69, 9.17) is 9.94 Å². The molecule has 0 aromatic heterocycles. The number of nitrogens with one attached hydrogen (secondary N) is 2. The number of ether oxygens (including phenoxy) is 1. The molecule has 2 heterocycles. The summed E-state index contributed by atoms with van der Waals surface area (Å²) in [6.45, 7) is 1.72. The van der Waals surface area contributed by atoms with Crippen molar-refractivity contribution >= 4 is 30.2 Å². The number of ketones is 1. The van der Waals surface area contributed by atoms with E-state index in [0.717, 1.165) is 25.9 Å². The molecule has 0 atom stereocenters. The van der Waals surface area contributed by atoms with Crippen LogP contribution in [0.4, 0.5) is 0 Å². The number of carbonyl (C=O) groups is 2. The van der Waals surface area contributed by atoms with Crippen LogP contribution < -0.4 is 15.5 Å². The van der Waals surface area contributed by atoms with E-state index in [1.807, 2.05) is 0 Å². The highest BCUT2D eigenvalue weighted by molar-refractivity contribution is 6.01. The second-order valence-electron chi connectivity index (χ2n) is 5.70. The summed E-state index contributed by atoms with van der Waals surface area (Å²) >= 11 is 0. The number of hydrogen-bond donors (Lipinski definition) is 3. The number of hydroxylamine groups is 1. The first kappa shape index (κ1) is 17.5. The molecular weight excluding hydrogens is 320 g/mol. The number of amides is 1. The molecule has 1 spiro atoms. The van der Waals surface area contributed by atoms with Crippen molar-refractivity contribution in [2.24, 2.45) is 0 Å². The van der Waals surface area contributed by atoms with E-state index >= 15 is 0 Å². The Hall–Kier alpha value is -1.89. The number of Topliss-reactive ketones (excluding diaryl/α,β-unsaturated/α-hetero) is 1. The lowest BCUT2D eigenvalue weighted by Crippen LogP contribution is -2.49. The van der Waals surface area contributed by atoms with Crippen LogP contribution >= 0.6 is 12.4 Å². The normalized spacial score (nSPS) is 18.9. The Kier molecular flexibility index (Phi) is 5.41. The van der Waals surface area contributed by atoms with Gasteiger partial charge in [-0.05, 0) is 36.9 Å². The zero-order chi connectivity index (χ0) is 15.6. The Bertz CT molecular complexity index is 639. The fraction of sp³-hybridized carbons (Fsp3) is 0.375. The lowest BCUT2D eigenvalue weighted by atomic mass is 9.83. The molecule has 0 saturated carbocycles. The summed E-state index contributed by atoms with van der Waals surface area (Å²) in [7, 11) is 0. The third-order valence-electron chi connectivity index (χ3n) is 4.17. The van der Waals surface area contributed by atoms with Crippen molar-refractivity contribution in [3.8, 4) is 5.75 Å². The standard InChI is InChI=1S/C16H18N2O4.ClH/c19-13-10-16(5-7-17-8-6-16)22-14-3-1-11(9-12(13)14)2-4-15(20)18-21;/h1-4,9,17,21H,5-8,10H2,(H,18,20);1H/b4-2+;. The first-order chi connectivity index (χ1) is 10.6. The Morgan fingerprint density at radius 3 is 2.78 bits per heavy atom. The van der Waals surface area contributed by atoms with Gasteiger partial charge in [-0.15, -0.1) is 12.4 Å². The van der Waals surface area contributed by atoms with E-state index in [2.05, 4.69) is 5.32 Å². The Morgan fingerprint density at radius 1 is 1.35 bits per heavy atom. The maximum Gasteiger partial charge on any atom is 0.267 e. The van der Waals surface area contributed by atoms with E-state index in [1.54, 1.807) is 18.2 Å². The summed E-state index contributed by atoms with van der Waals surface area (Å²) in [6.07, 6.45) is 4.79. The van der Waals surface area contributed by atoms with Gasteiger partial charge in [-0.25, -0.2) is 5.48 Å².